The van der Waals surface area contributed by atoms with Crippen LogP contribution in [0.3, 0.4) is 0 Å². The molecular weight excluding hydrogens is 284 g/mol. The maximum absolute atomic E-state index is 11.3. The molecule has 0 bridgehead atoms. The van der Waals surface area contributed by atoms with Gasteiger partial charge in [0, 0.05) is 12.8 Å². The number of aliphatic imine (C=N–C) groups is 1. The van der Waals surface area contributed by atoms with E-state index in [9.17, 15) is 4.79 Å². The predicted molar refractivity (Wildman–Crippen MR) is 85.1 cm³/mol. The van der Waals surface area contributed by atoms with Crippen LogP contribution >= 0.6 is 0 Å². The van der Waals surface area contributed by atoms with Gasteiger partial charge >= 0.3 is 5.97 Å². The fourth-order valence-electron chi connectivity index (χ4n) is 1.87. The summed E-state index contributed by atoms with van der Waals surface area (Å²) in [6, 6.07) is 1.82. The number of hydroxylamine groups is 1. The van der Waals surface area contributed by atoms with Gasteiger partial charge in [0.25, 0.3) is 0 Å². The van der Waals surface area contributed by atoms with Gasteiger partial charge in [-0.05, 0) is 25.5 Å². The van der Waals surface area contributed by atoms with E-state index in [1.165, 1.54) is 0 Å². The maximum atomic E-state index is 11.3. The minimum Gasteiger partial charge on any atom is -0.466 e. The second kappa shape index (κ2) is 8.99. The third-order valence-electron chi connectivity index (χ3n) is 2.79. The Labute approximate surface area is 130 Å². The van der Waals surface area contributed by atoms with Gasteiger partial charge in [-0.2, -0.15) is 0 Å². The van der Waals surface area contributed by atoms with Crippen molar-refractivity contribution in [1.82, 2.24) is 10.5 Å². The van der Waals surface area contributed by atoms with Crippen molar-refractivity contribution in [3.8, 4) is 0 Å². The van der Waals surface area contributed by atoms with Gasteiger partial charge in [0.1, 0.15) is 5.69 Å². The number of hydrogen-bond acceptors (Lipinski definition) is 7. The van der Waals surface area contributed by atoms with Gasteiger partial charge < -0.3 is 10.5 Å². The number of esters is 1. The number of nitrogens with one attached hydrogen (secondary N) is 1. The van der Waals surface area contributed by atoms with E-state index >= 15 is 0 Å². The molecule has 0 amide bonds. The van der Waals surface area contributed by atoms with Crippen LogP contribution in [0.2, 0.25) is 0 Å². The Morgan fingerprint density at radius 1 is 1.50 bits per heavy atom. The number of amidine groups is 1. The molecule has 7 nitrogen and oxygen atoms in total. The highest BCUT2D eigenvalue weighted by atomic mass is 16.7. The van der Waals surface area contributed by atoms with Crippen LogP contribution in [0, 0.1) is 6.92 Å². The Morgan fingerprint density at radius 3 is 2.86 bits per heavy atom. The monoisotopic (exact) mass is 308 g/mol. The molecule has 1 aromatic heterocycles. The maximum Gasteiger partial charge on any atom is 0.305 e. The molecule has 22 heavy (non-hydrogen) atoms. The van der Waals surface area contributed by atoms with E-state index in [1.54, 1.807) is 13.1 Å². The van der Waals surface area contributed by atoms with Crippen LogP contribution in [0.15, 0.2) is 17.3 Å². The van der Waals surface area contributed by atoms with Crippen molar-refractivity contribution in [2.75, 3.05) is 12.3 Å². The zero-order chi connectivity index (χ0) is 16.5. The van der Waals surface area contributed by atoms with Crippen LogP contribution in [0.1, 0.15) is 44.9 Å². The van der Waals surface area contributed by atoms with Gasteiger partial charge in [-0.25, -0.2) is 15.3 Å². The van der Waals surface area contributed by atoms with Crippen molar-refractivity contribution >= 4 is 17.5 Å². The molecule has 0 radical (unpaired) electrons. The molecule has 3 N–H and O–H groups in total. The number of nitrogen functional groups attached to an aromatic ring is 1. The van der Waals surface area contributed by atoms with Crippen LogP contribution in [-0.4, -0.2) is 29.6 Å². The van der Waals surface area contributed by atoms with Crippen molar-refractivity contribution < 1.29 is 14.4 Å². The molecule has 0 fully saturated rings. The van der Waals surface area contributed by atoms with E-state index in [0.29, 0.717) is 30.2 Å². The molecule has 1 aromatic rings. The smallest absolute Gasteiger partial charge is 0.305 e. The van der Waals surface area contributed by atoms with Gasteiger partial charge in [-0.15, -0.1) is 0 Å². The zero-order valence-corrected chi connectivity index (χ0v) is 13.5. The number of anilines is 1. The van der Waals surface area contributed by atoms with E-state index in [1.807, 2.05) is 26.8 Å². The molecular formula is C15H24N4O3. The Hall–Kier alpha value is -2.15. The normalized spacial score (nSPS) is 16.2. The number of carbonyl (C=O) groups is 1. The molecule has 7 heteroatoms. The minimum absolute atomic E-state index is 0.249. The molecule has 2 heterocycles. The largest absolute Gasteiger partial charge is 0.466 e. The zero-order valence-electron chi connectivity index (χ0n) is 13.5. The third kappa shape index (κ3) is 5.00. The molecule has 1 aliphatic rings. The first-order valence-electron chi connectivity index (χ1n) is 7.47. The first-order valence-corrected chi connectivity index (χ1v) is 7.47. The minimum atomic E-state index is -0.409. The van der Waals surface area contributed by atoms with Crippen molar-refractivity contribution in [1.29, 1.82) is 0 Å². The van der Waals surface area contributed by atoms with Crippen molar-refractivity contribution in [2.24, 2.45) is 4.99 Å². The number of carbonyl (C=O) groups excluding carboxylic acids is 1. The van der Waals surface area contributed by atoms with Crippen molar-refractivity contribution in [2.45, 2.75) is 46.8 Å². The average Bonchev–Trinajstić information content (AvgIpc) is 2.96. The molecule has 1 atom stereocenters. The summed E-state index contributed by atoms with van der Waals surface area (Å²) in [5, 5.41) is 0. The highest BCUT2D eigenvalue weighted by Crippen LogP contribution is 2.15. The summed E-state index contributed by atoms with van der Waals surface area (Å²) < 4.78 is 4.86. The highest BCUT2D eigenvalue weighted by Gasteiger charge is 2.22. The van der Waals surface area contributed by atoms with Crippen LogP contribution < -0.4 is 11.2 Å². The quantitative estimate of drug-likeness (QED) is 0.807. The van der Waals surface area contributed by atoms with Gasteiger partial charge in [0.05, 0.1) is 18.5 Å². The summed E-state index contributed by atoms with van der Waals surface area (Å²) in [5.74, 6) is 0.304. The SMILES string of the molecule is CC.CCOC(=O)CCC1N=C(c2ncc(N)cc2C)NO1. The second-order valence-corrected chi connectivity index (χ2v) is 4.43. The molecule has 0 aliphatic carbocycles. The number of aryl methyl sites for hydroxylation is 1. The third-order valence-corrected chi connectivity index (χ3v) is 2.79. The molecule has 0 saturated carbocycles. The topological polar surface area (TPSA) is 98.8 Å². The van der Waals surface area contributed by atoms with Gasteiger partial charge in [0.15, 0.2) is 12.1 Å². The molecule has 122 valence electrons. The Bertz CT molecular complexity index is 532. The van der Waals surface area contributed by atoms with Crippen LogP contribution in [0.5, 0.6) is 0 Å². The lowest BCUT2D eigenvalue weighted by Crippen LogP contribution is -2.21. The second-order valence-electron chi connectivity index (χ2n) is 4.43. The fourth-order valence-corrected chi connectivity index (χ4v) is 1.87. The summed E-state index contributed by atoms with van der Waals surface area (Å²) in [6.07, 6.45) is 1.89. The van der Waals surface area contributed by atoms with E-state index in [4.69, 9.17) is 15.3 Å². The van der Waals surface area contributed by atoms with Crippen LogP contribution in [0.25, 0.3) is 0 Å². The number of rotatable bonds is 5. The lowest BCUT2D eigenvalue weighted by atomic mass is 10.2. The van der Waals surface area contributed by atoms with Crippen LogP contribution in [-0.2, 0) is 14.4 Å². The molecule has 1 unspecified atom stereocenters. The number of ether oxygens (including phenoxy) is 1. The lowest BCUT2D eigenvalue weighted by molar-refractivity contribution is -0.144. The van der Waals surface area contributed by atoms with E-state index in [2.05, 4.69) is 15.5 Å². The summed E-state index contributed by atoms with van der Waals surface area (Å²) in [6.45, 7) is 8.05. The molecule has 2 rings (SSSR count). The standard InChI is InChI=1S/C13H18N4O3.C2H6/c1-3-19-11(18)5-4-10-16-13(17-20-10)12-8(2)6-9(14)7-15-12;1-2/h6-7,10H,3-5,14H2,1-2H3,(H,16,17);1-2H3. The summed E-state index contributed by atoms with van der Waals surface area (Å²) in [7, 11) is 0. The number of nitrogens with two attached hydrogens (primary N) is 1. The highest BCUT2D eigenvalue weighted by molar-refractivity contribution is 5.98. The van der Waals surface area contributed by atoms with E-state index in [0.717, 1.165) is 5.56 Å². The molecule has 0 saturated heterocycles. The Balaban J connectivity index is 0.00000116. The molecule has 0 aromatic carbocycles. The summed E-state index contributed by atoms with van der Waals surface area (Å²) >= 11 is 0. The summed E-state index contributed by atoms with van der Waals surface area (Å²) in [5.41, 5.74) is 10.6. The average molecular weight is 308 g/mol. The Morgan fingerprint density at radius 2 is 2.23 bits per heavy atom. The molecule has 0 spiro atoms. The first kappa shape index (κ1) is 17.9. The number of pyridine rings is 1. The van der Waals surface area contributed by atoms with Gasteiger partial charge in [-0.3, -0.25) is 9.78 Å². The Kier molecular flexibility index (Phi) is 7.31. The number of hydrogen-bond donors (Lipinski definition) is 2. The predicted octanol–water partition coefficient (Wildman–Crippen LogP) is 1.95. The van der Waals surface area contributed by atoms with Crippen molar-refractivity contribution in [3.05, 3.63) is 23.5 Å². The lowest BCUT2D eigenvalue weighted by Gasteiger charge is -2.05. The van der Waals surface area contributed by atoms with E-state index < -0.39 is 6.23 Å². The molecule has 1 aliphatic heterocycles. The van der Waals surface area contributed by atoms with Crippen LogP contribution in [0.4, 0.5) is 5.69 Å². The van der Waals surface area contributed by atoms with E-state index in [-0.39, 0.29) is 12.4 Å². The number of nitrogens with zero attached hydrogens (tertiary/aromatic N) is 2. The summed E-state index contributed by atoms with van der Waals surface area (Å²) in [4.78, 5) is 25.2. The fraction of sp³-hybridized carbons (Fsp3) is 0.533. The van der Waals surface area contributed by atoms with Crippen molar-refractivity contribution in [3.63, 3.8) is 0 Å². The first-order chi connectivity index (χ1) is 10.6. The van der Waals surface area contributed by atoms with Gasteiger partial charge in [-0.1, -0.05) is 13.8 Å². The van der Waals surface area contributed by atoms with Gasteiger partial charge in [0.2, 0.25) is 0 Å². The number of aromatic nitrogens is 1.